The molecule has 1 N–H and O–H groups in total. The first kappa shape index (κ1) is 21.1. The van der Waals surface area contributed by atoms with Crippen LogP contribution in [0.25, 0.3) is 0 Å². The standard InChI is InChI=1S/C23H33N5O/c1-5-18(4)19-6-8-20(9-7-19)22(17(2)3)26-23(29)28-14-12-27(13-15-28)21-16-24-10-11-25-21/h6-11,16-18,22H,5,12-15H2,1-4H3,(H,26,29). The minimum Gasteiger partial charge on any atom is -0.352 e. The molecule has 1 aliphatic rings. The smallest absolute Gasteiger partial charge is 0.318 e. The van der Waals surface area contributed by atoms with Crippen molar-refractivity contribution >= 4 is 11.8 Å². The number of carbonyl (C=O) groups is 1. The fraction of sp³-hybridized carbons (Fsp3) is 0.522. The van der Waals surface area contributed by atoms with E-state index in [9.17, 15) is 4.79 Å². The van der Waals surface area contributed by atoms with Crippen LogP contribution in [0.4, 0.5) is 10.6 Å². The van der Waals surface area contributed by atoms with Crippen LogP contribution < -0.4 is 10.2 Å². The molecule has 2 aromatic rings. The first-order valence-electron chi connectivity index (χ1n) is 10.7. The molecule has 0 spiro atoms. The number of rotatable bonds is 6. The number of urea groups is 1. The van der Waals surface area contributed by atoms with Crippen molar-refractivity contribution in [3.63, 3.8) is 0 Å². The highest BCUT2D eigenvalue weighted by molar-refractivity contribution is 5.75. The summed E-state index contributed by atoms with van der Waals surface area (Å²) in [5.41, 5.74) is 2.52. The van der Waals surface area contributed by atoms with Crippen molar-refractivity contribution < 1.29 is 4.79 Å². The molecular weight excluding hydrogens is 362 g/mol. The lowest BCUT2D eigenvalue weighted by atomic mass is 9.92. The minimum atomic E-state index is 0.00602. The zero-order valence-corrected chi connectivity index (χ0v) is 18.0. The van der Waals surface area contributed by atoms with E-state index < -0.39 is 0 Å². The van der Waals surface area contributed by atoms with Gasteiger partial charge in [0.25, 0.3) is 0 Å². The lowest BCUT2D eigenvalue weighted by Crippen LogP contribution is -2.52. The minimum absolute atomic E-state index is 0.00602. The maximum absolute atomic E-state index is 12.9. The third-order valence-corrected chi connectivity index (χ3v) is 5.86. The van der Waals surface area contributed by atoms with Gasteiger partial charge in [0.05, 0.1) is 12.2 Å². The van der Waals surface area contributed by atoms with Gasteiger partial charge in [-0.05, 0) is 29.4 Å². The third-order valence-electron chi connectivity index (χ3n) is 5.86. The number of piperazine rings is 1. The highest BCUT2D eigenvalue weighted by atomic mass is 16.2. The van der Waals surface area contributed by atoms with Crippen molar-refractivity contribution in [1.82, 2.24) is 20.2 Å². The molecule has 0 aliphatic carbocycles. The van der Waals surface area contributed by atoms with Gasteiger partial charge < -0.3 is 15.1 Å². The fourth-order valence-corrected chi connectivity index (χ4v) is 3.72. The zero-order valence-electron chi connectivity index (χ0n) is 18.0. The normalized spacial score (nSPS) is 16.6. The second-order valence-electron chi connectivity index (χ2n) is 8.18. The van der Waals surface area contributed by atoms with Crippen LogP contribution in [0.2, 0.25) is 0 Å². The quantitative estimate of drug-likeness (QED) is 0.795. The molecule has 0 saturated carbocycles. The predicted molar refractivity (Wildman–Crippen MR) is 117 cm³/mol. The predicted octanol–water partition coefficient (Wildman–Crippen LogP) is 4.22. The van der Waals surface area contributed by atoms with Crippen molar-refractivity contribution in [2.45, 2.75) is 46.1 Å². The van der Waals surface area contributed by atoms with Gasteiger partial charge in [0.15, 0.2) is 0 Å². The molecule has 2 atom stereocenters. The maximum atomic E-state index is 12.9. The lowest BCUT2D eigenvalue weighted by Gasteiger charge is -2.36. The number of hydrogen-bond acceptors (Lipinski definition) is 4. The summed E-state index contributed by atoms with van der Waals surface area (Å²) in [6.07, 6.45) is 6.28. The van der Waals surface area contributed by atoms with Crippen molar-refractivity contribution in [2.24, 2.45) is 5.92 Å². The number of benzene rings is 1. The molecule has 1 saturated heterocycles. The van der Waals surface area contributed by atoms with Crippen LogP contribution in [0.5, 0.6) is 0 Å². The van der Waals surface area contributed by atoms with E-state index in [1.807, 2.05) is 4.90 Å². The average Bonchev–Trinajstić information content (AvgIpc) is 2.77. The van der Waals surface area contributed by atoms with E-state index >= 15 is 0 Å². The summed E-state index contributed by atoms with van der Waals surface area (Å²) < 4.78 is 0. The number of nitrogens with zero attached hydrogens (tertiary/aromatic N) is 4. The summed E-state index contributed by atoms with van der Waals surface area (Å²) in [5.74, 6) is 1.74. The number of hydrogen-bond donors (Lipinski definition) is 1. The van der Waals surface area contributed by atoms with Gasteiger partial charge in [0.2, 0.25) is 0 Å². The Kier molecular flexibility index (Phi) is 7.07. The molecule has 2 unspecified atom stereocenters. The van der Waals surface area contributed by atoms with E-state index in [2.05, 4.69) is 72.1 Å². The molecule has 3 rings (SSSR count). The number of nitrogens with one attached hydrogen (secondary N) is 1. The summed E-state index contributed by atoms with van der Waals surface area (Å²) in [6, 6.07) is 8.74. The summed E-state index contributed by atoms with van der Waals surface area (Å²) in [5, 5.41) is 3.26. The van der Waals surface area contributed by atoms with E-state index in [4.69, 9.17) is 0 Å². The maximum Gasteiger partial charge on any atom is 0.318 e. The van der Waals surface area contributed by atoms with E-state index in [1.165, 1.54) is 11.1 Å². The number of aromatic nitrogens is 2. The molecule has 0 bridgehead atoms. The van der Waals surface area contributed by atoms with Crippen LogP contribution >= 0.6 is 0 Å². The Balaban J connectivity index is 1.60. The third kappa shape index (κ3) is 5.25. The van der Waals surface area contributed by atoms with Gasteiger partial charge in [0.1, 0.15) is 5.82 Å². The van der Waals surface area contributed by atoms with E-state index in [1.54, 1.807) is 18.6 Å². The van der Waals surface area contributed by atoms with Crippen LogP contribution in [-0.2, 0) is 0 Å². The first-order chi connectivity index (χ1) is 14.0. The monoisotopic (exact) mass is 395 g/mol. The van der Waals surface area contributed by atoms with Gasteiger partial charge in [-0.1, -0.05) is 52.0 Å². The first-order valence-corrected chi connectivity index (χ1v) is 10.7. The Morgan fingerprint density at radius 3 is 2.24 bits per heavy atom. The van der Waals surface area contributed by atoms with Gasteiger partial charge in [-0.25, -0.2) is 9.78 Å². The van der Waals surface area contributed by atoms with Crippen LogP contribution in [0.3, 0.4) is 0 Å². The molecule has 6 nitrogen and oxygen atoms in total. The second-order valence-corrected chi connectivity index (χ2v) is 8.18. The number of carbonyl (C=O) groups excluding carboxylic acids is 1. The van der Waals surface area contributed by atoms with Gasteiger partial charge in [-0.15, -0.1) is 0 Å². The highest BCUT2D eigenvalue weighted by Crippen LogP contribution is 2.25. The highest BCUT2D eigenvalue weighted by Gasteiger charge is 2.25. The van der Waals surface area contributed by atoms with Crippen LogP contribution in [0, 0.1) is 5.92 Å². The molecule has 1 aromatic carbocycles. The summed E-state index contributed by atoms with van der Waals surface area (Å²) in [6.45, 7) is 11.7. The second kappa shape index (κ2) is 9.72. The van der Waals surface area contributed by atoms with E-state index in [0.29, 0.717) is 24.9 Å². The molecule has 1 aromatic heterocycles. The van der Waals surface area contributed by atoms with Crippen LogP contribution in [0.15, 0.2) is 42.9 Å². The van der Waals surface area contributed by atoms with Crippen LogP contribution in [0.1, 0.15) is 57.2 Å². The number of amides is 2. The Bertz CT molecular complexity index is 770. The summed E-state index contributed by atoms with van der Waals surface area (Å²) >= 11 is 0. The largest absolute Gasteiger partial charge is 0.352 e. The molecule has 1 aliphatic heterocycles. The summed E-state index contributed by atoms with van der Waals surface area (Å²) in [4.78, 5) is 25.5. The topological polar surface area (TPSA) is 61.4 Å². The number of anilines is 1. The van der Waals surface area contributed by atoms with Gasteiger partial charge >= 0.3 is 6.03 Å². The Hall–Kier alpha value is -2.63. The van der Waals surface area contributed by atoms with Crippen molar-refractivity contribution in [2.75, 3.05) is 31.1 Å². The van der Waals surface area contributed by atoms with Gasteiger partial charge in [-0.2, -0.15) is 0 Å². The molecule has 2 heterocycles. The molecule has 1 fully saturated rings. The molecule has 0 radical (unpaired) electrons. The molecule has 6 heteroatoms. The summed E-state index contributed by atoms with van der Waals surface area (Å²) in [7, 11) is 0. The van der Waals surface area contributed by atoms with Crippen molar-refractivity contribution in [3.8, 4) is 0 Å². The van der Waals surface area contributed by atoms with E-state index in [0.717, 1.165) is 25.3 Å². The van der Waals surface area contributed by atoms with E-state index in [-0.39, 0.29) is 12.1 Å². The zero-order chi connectivity index (χ0) is 20.8. The fourth-order valence-electron chi connectivity index (χ4n) is 3.72. The van der Waals surface area contributed by atoms with Crippen LogP contribution in [-0.4, -0.2) is 47.1 Å². The van der Waals surface area contributed by atoms with Crippen molar-refractivity contribution in [3.05, 3.63) is 54.0 Å². The lowest BCUT2D eigenvalue weighted by molar-refractivity contribution is 0.186. The van der Waals surface area contributed by atoms with Gasteiger partial charge in [-0.3, -0.25) is 4.98 Å². The van der Waals surface area contributed by atoms with Crippen molar-refractivity contribution in [1.29, 1.82) is 0 Å². The Morgan fingerprint density at radius 1 is 1.03 bits per heavy atom. The Labute approximate surface area is 174 Å². The van der Waals surface area contributed by atoms with Gasteiger partial charge in [0, 0.05) is 38.6 Å². The molecular formula is C23H33N5O. The SMILES string of the molecule is CCC(C)c1ccc(C(NC(=O)N2CCN(c3cnccn3)CC2)C(C)C)cc1. The molecule has 2 amide bonds. The Morgan fingerprint density at radius 2 is 1.69 bits per heavy atom. The molecule has 156 valence electrons. The average molecular weight is 396 g/mol. The molecule has 29 heavy (non-hydrogen) atoms.